The summed E-state index contributed by atoms with van der Waals surface area (Å²) in [5.74, 6) is 1.99. The first kappa shape index (κ1) is 51.4. The van der Waals surface area contributed by atoms with Gasteiger partial charge in [0, 0.05) is 51.6 Å². The van der Waals surface area contributed by atoms with Gasteiger partial charge in [-0.15, -0.1) is 0 Å². The van der Waals surface area contributed by atoms with Gasteiger partial charge in [-0.05, 0) is 73.4 Å². The number of hydrogen-bond donors (Lipinski definition) is 0. The molecule has 3 aromatic heterocycles. The van der Waals surface area contributed by atoms with Crippen molar-refractivity contribution in [1.82, 2.24) is 15.5 Å². The second kappa shape index (κ2) is 28.9. The zero-order chi connectivity index (χ0) is 47.7. The van der Waals surface area contributed by atoms with Gasteiger partial charge in [-0.3, -0.25) is 0 Å². The van der Waals surface area contributed by atoms with E-state index in [9.17, 15) is 0 Å². The standard InChI is InChI=1S/C63H81N3O3/c1-4-7-10-13-16-19-22-25-28-49-31-37-52(38-32-49)58-46-61(67-64-58)55-43-56(62-47-59(65-68-62)53-39-33-50(34-40-53)29-26-23-20-17-14-11-8-5-2)45-57(44-55)63-48-60(66-69-63)54-41-35-51(36-42-54)30-27-24-21-18-15-12-9-6-3/h31-48H,4-30H2,1-3H3. The van der Waals surface area contributed by atoms with Gasteiger partial charge in [-0.2, -0.15) is 0 Å². The summed E-state index contributed by atoms with van der Waals surface area (Å²) in [7, 11) is 0. The Hall–Kier alpha value is -5.49. The summed E-state index contributed by atoms with van der Waals surface area (Å²) in [5.41, 5.74) is 12.2. The van der Waals surface area contributed by atoms with Crippen molar-refractivity contribution in [3.63, 3.8) is 0 Å². The molecule has 0 spiro atoms. The molecule has 0 unspecified atom stereocenters. The summed E-state index contributed by atoms with van der Waals surface area (Å²) < 4.78 is 18.3. The van der Waals surface area contributed by atoms with Crippen LogP contribution in [0.4, 0.5) is 0 Å². The maximum absolute atomic E-state index is 6.10. The van der Waals surface area contributed by atoms with Crippen LogP contribution in [0.2, 0.25) is 0 Å². The van der Waals surface area contributed by atoms with E-state index in [2.05, 4.69) is 127 Å². The van der Waals surface area contributed by atoms with Gasteiger partial charge in [0.15, 0.2) is 17.3 Å². The van der Waals surface area contributed by atoms with Gasteiger partial charge in [0.05, 0.1) is 0 Å². The van der Waals surface area contributed by atoms with Gasteiger partial charge >= 0.3 is 0 Å². The Bertz CT molecular complexity index is 2180. The second-order valence-corrected chi connectivity index (χ2v) is 19.8. The second-order valence-electron chi connectivity index (χ2n) is 19.8. The molecule has 366 valence electrons. The van der Waals surface area contributed by atoms with E-state index < -0.39 is 0 Å². The Labute approximate surface area is 415 Å². The maximum atomic E-state index is 6.10. The predicted octanol–water partition coefficient (Wildman–Crippen LogP) is 19.7. The van der Waals surface area contributed by atoms with Crippen LogP contribution in [0.5, 0.6) is 0 Å². The minimum absolute atomic E-state index is 0.662. The summed E-state index contributed by atoms with van der Waals surface area (Å²) >= 11 is 0. The number of unbranched alkanes of at least 4 members (excludes halogenated alkanes) is 21. The van der Waals surface area contributed by atoms with E-state index in [1.54, 1.807) is 0 Å². The first-order chi connectivity index (χ1) is 34.1. The average Bonchev–Trinajstić information content (AvgIpc) is 4.20. The van der Waals surface area contributed by atoms with Gasteiger partial charge in [0.25, 0.3) is 0 Å². The minimum Gasteiger partial charge on any atom is -0.356 e. The van der Waals surface area contributed by atoms with Crippen LogP contribution < -0.4 is 0 Å². The van der Waals surface area contributed by atoms with Crippen molar-refractivity contribution >= 4 is 0 Å². The molecule has 7 rings (SSSR count). The summed E-state index contributed by atoms with van der Waals surface area (Å²) in [6.45, 7) is 6.84. The van der Waals surface area contributed by atoms with Crippen molar-refractivity contribution in [2.75, 3.05) is 0 Å². The Kier molecular flexibility index (Phi) is 21.5. The largest absolute Gasteiger partial charge is 0.356 e. The van der Waals surface area contributed by atoms with Crippen LogP contribution in [0, 0.1) is 0 Å². The summed E-state index contributed by atoms with van der Waals surface area (Å²) in [4.78, 5) is 0. The van der Waals surface area contributed by atoms with Crippen molar-refractivity contribution in [1.29, 1.82) is 0 Å². The Balaban J connectivity index is 1.04. The molecule has 0 aliphatic heterocycles. The van der Waals surface area contributed by atoms with E-state index in [0.29, 0.717) is 17.3 Å². The number of aromatic nitrogens is 3. The van der Waals surface area contributed by atoms with E-state index in [1.165, 1.54) is 171 Å². The normalized spacial score (nSPS) is 11.5. The number of hydrogen-bond acceptors (Lipinski definition) is 6. The number of aryl methyl sites for hydroxylation is 3. The quantitative estimate of drug-likeness (QED) is 0.0382. The third-order valence-electron chi connectivity index (χ3n) is 14.0. The molecule has 0 N–H and O–H groups in total. The van der Waals surface area contributed by atoms with Crippen molar-refractivity contribution in [3.05, 3.63) is 126 Å². The summed E-state index contributed by atoms with van der Waals surface area (Å²) in [5, 5.41) is 13.7. The molecule has 0 bridgehead atoms. The SMILES string of the molecule is CCCCCCCCCCc1ccc(-c2cc(-c3cc(-c4cc(-c5ccc(CCCCCCCCCC)cc5)no4)cc(-c4cc(-c5ccc(CCCCCCCCCC)cc5)no4)c3)on2)cc1. The molecule has 4 aromatic carbocycles. The number of nitrogens with zero attached hydrogens (tertiary/aromatic N) is 3. The maximum Gasteiger partial charge on any atom is 0.167 e. The van der Waals surface area contributed by atoms with Crippen molar-refractivity contribution < 1.29 is 13.6 Å². The Morgan fingerprint density at radius 1 is 0.261 bits per heavy atom. The average molecular weight is 928 g/mol. The molecule has 0 atom stereocenters. The molecule has 0 saturated heterocycles. The monoisotopic (exact) mass is 928 g/mol. The lowest BCUT2D eigenvalue weighted by molar-refractivity contribution is 0.432. The van der Waals surface area contributed by atoms with Crippen LogP contribution >= 0.6 is 0 Å². The summed E-state index contributed by atoms with van der Waals surface area (Å²) in [6, 6.07) is 38.8. The first-order valence-corrected chi connectivity index (χ1v) is 27.4. The van der Waals surface area contributed by atoms with Crippen LogP contribution in [0.25, 0.3) is 67.7 Å². The molecule has 6 nitrogen and oxygen atoms in total. The highest BCUT2D eigenvalue weighted by Crippen LogP contribution is 2.37. The van der Waals surface area contributed by atoms with Crippen LogP contribution in [-0.2, 0) is 19.3 Å². The van der Waals surface area contributed by atoms with E-state index in [0.717, 1.165) is 69.7 Å². The van der Waals surface area contributed by atoms with Crippen molar-refractivity contribution in [2.24, 2.45) is 0 Å². The van der Waals surface area contributed by atoms with E-state index >= 15 is 0 Å². The fraction of sp³-hybridized carbons (Fsp3) is 0.476. The van der Waals surface area contributed by atoms with Crippen molar-refractivity contribution in [2.45, 2.75) is 194 Å². The summed E-state index contributed by atoms with van der Waals surface area (Å²) in [6.07, 6.45) is 35.3. The fourth-order valence-corrected chi connectivity index (χ4v) is 9.61. The first-order valence-electron chi connectivity index (χ1n) is 27.4. The highest BCUT2D eigenvalue weighted by molar-refractivity contribution is 5.80. The molecule has 7 aromatic rings. The Morgan fingerprint density at radius 3 is 0.739 bits per heavy atom. The molecule has 0 radical (unpaired) electrons. The lowest BCUT2D eigenvalue weighted by Crippen LogP contribution is -1.87. The molecule has 0 aliphatic carbocycles. The molecule has 3 heterocycles. The van der Waals surface area contributed by atoms with Crippen LogP contribution in [0.15, 0.2) is 123 Å². The van der Waals surface area contributed by atoms with Crippen molar-refractivity contribution in [3.8, 4) is 67.7 Å². The van der Waals surface area contributed by atoms with Gasteiger partial charge in [-0.1, -0.05) is 244 Å². The molecular weight excluding hydrogens is 847 g/mol. The molecule has 0 saturated carbocycles. The zero-order valence-corrected chi connectivity index (χ0v) is 42.6. The topological polar surface area (TPSA) is 78.1 Å². The molecule has 0 aliphatic rings. The molecule has 0 amide bonds. The highest BCUT2D eigenvalue weighted by atomic mass is 16.5. The molecule has 0 fully saturated rings. The van der Waals surface area contributed by atoms with Crippen LogP contribution in [-0.4, -0.2) is 15.5 Å². The zero-order valence-electron chi connectivity index (χ0n) is 42.6. The lowest BCUT2D eigenvalue weighted by Gasteiger charge is -2.05. The van der Waals surface area contributed by atoms with E-state index in [-0.39, 0.29) is 0 Å². The fourth-order valence-electron chi connectivity index (χ4n) is 9.61. The number of benzene rings is 4. The van der Waals surface area contributed by atoms with Gasteiger partial charge in [-0.25, -0.2) is 0 Å². The molecule has 69 heavy (non-hydrogen) atoms. The molecular formula is C63H81N3O3. The molecule has 6 heteroatoms. The highest BCUT2D eigenvalue weighted by Gasteiger charge is 2.18. The van der Waals surface area contributed by atoms with Crippen LogP contribution in [0.3, 0.4) is 0 Å². The van der Waals surface area contributed by atoms with Gasteiger partial charge in [0.2, 0.25) is 0 Å². The third kappa shape index (κ3) is 16.6. The predicted molar refractivity (Wildman–Crippen MR) is 288 cm³/mol. The smallest absolute Gasteiger partial charge is 0.167 e. The lowest BCUT2D eigenvalue weighted by atomic mass is 9.99. The van der Waals surface area contributed by atoms with Crippen LogP contribution in [0.1, 0.15) is 192 Å². The Morgan fingerprint density at radius 2 is 0.493 bits per heavy atom. The minimum atomic E-state index is 0.662. The number of rotatable bonds is 33. The van der Waals surface area contributed by atoms with Gasteiger partial charge < -0.3 is 13.6 Å². The van der Waals surface area contributed by atoms with E-state index in [4.69, 9.17) is 13.6 Å². The third-order valence-corrected chi connectivity index (χ3v) is 14.0. The van der Waals surface area contributed by atoms with Gasteiger partial charge in [0.1, 0.15) is 17.1 Å². The van der Waals surface area contributed by atoms with E-state index in [1.807, 2.05) is 18.2 Å².